The third kappa shape index (κ3) is 2.46. The number of sulfone groups is 1. The molecule has 3 nitrogen and oxygen atoms in total. The number of alkyl halides is 2. The molecule has 1 heterocycles. The summed E-state index contributed by atoms with van der Waals surface area (Å²) in [5.41, 5.74) is -1.34. The largest absolute Gasteiger partial charge is 0.303 e. The average molecular weight is 212 g/mol. The van der Waals surface area contributed by atoms with Gasteiger partial charge in [0.25, 0.3) is 0 Å². The summed E-state index contributed by atoms with van der Waals surface area (Å²) in [5.74, 6) is -3.86. The van der Waals surface area contributed by atoms with Crippen LogP contribution in [0.3, 0.4) is 0 Å². The maximum atomic E-state index is 12.5. The van der Waals surface area contributed by atoms with Crippen LogP contribution in [-0.2, 0) is 14.6 Å². The molecular formula is C7H10F2O3S. The molecule has 1 aliphatic heterocycles. The molecule has 1 aliphatic rings. The monoisotopic (exact) mass is 212 g/mol. The summed E-state index contributed by atoms with van der Waals surface area (Å²) in [5, 5.41) is 0. The maximum absolute atomic E-state index is 12.5. The molecule has 0 bridgehead atoms. The lowest BCUT2D eigenvalue weighted by atomic mass is 9.87. The Morgan fingerprint density at radius 1 is 1.46 bits per heavy atom. The van der Waals surface area contributed by atoms with Gasteiger partial charge >= 0.3 is 0 Å². The predicted molar refractivity (Wildman–Crippen MR) is 42.4 cm³/mol. The van der Waals surface area contributed by atoms with E-state index >= 15 is 0 Å². The Balaban J connectivity index is 2.72. The Morgan fingerprint density at radius 2 is 1.92 bits per heavy atom. The van der Waals surface area contributed by atoms with Gasteiger partial charge in [0, 0.05) is 6.42 Å². The highest BCUT2D eigenvalue weighted by molar-refractivity contribution is 7.93. The van der Waals surface area contributed by atoms with Crippen LogP contribution in [0.4, 0.5) is 8.78 Å². The Morgan fingerprint density at radius 3 is 2.15 bits per heavy atom. The highest BCUT2D eigenvalue weighted by atomic mass is 32.2. The van der Waals surface area contributed by atoms with Gasteiger partial charge in [-0.1, -0.05) is 0 Å². The van der Waals surface area contributed by atoms with Gasteiger partial charge in [-0.25, -0.2) is 17.2 Å². The molecule has 1 fully saturated rings. The maximum Gasteiger partial charge on any atom is 0.246 e. The summed E-state index contributed by atoms with van der Waals surface area (Å²) < 4.78 is 46.5. The number of carbonyl (C=O) groups excluding carboxylic acids is 1. The summed E-state index contributed by atoms with van der Waals surface area (Å²) in [6.07, 6.45) is -0.339. The van der Waals surface area contributed by atoms with Crippen LogP contribution in [0.1, 0.15) is 13.3 Å². The summed E-state index contributed by atoms with van der Waals surface area (Å²) >= 11 is 0. The second-order valence-electron chi connectivity index (χ2n) is 3.76. The van der Waals surface area contributed by atoms with Crippen molar-refractivity contribution in [3.63, 3.8) is 0 Å². The summed E-state index contributed by atoms with van der Waals surface area (Å²) in [7, 11) is -3.24. The van der Waals surface area contributed by atoms with Crippen LogP contribution in [-0.4, -0.2) is 32.1 Å². The molecule has 0 aliphatic carbocycles. The second kappa shape index (κ2) is 2.73. The number of hydrogen-bond acceptors (Lipinski definition) is 3. The van der Waals surface area contributed by atoms with Gasteiger partial charge in [0.1, 0.15) is 6.29 Å². The summed E-state index contributed by atoms with van der Waals surface area (Å²) in [6.45, 7) is 0.684. The zero-order valence-electron chi connectivity index (χ0n) is 7.09. The molecule has 0 spiro atoms. The third-order valence-electron chi connectivity index (χ3n) is 1.93. The lowest BCUT2D eigenvalue weighted by Gasteiger charge is -2.37. The van der Waals surface area contributed by atoms with E-state index in [4.69, 9.17) is 0 Å². The molecule has 0 amide bonds. The van der Waals surface area contributed by atoms with Crippen molar-refractivity contribution in [1.29, 1.82) is 0 Å². The number of aldehydes is 1. The highest BCUT2D eigenvalue weighted by Gasteiger charge is 2.52. The standard InChI is InChI=1S/C7H10F2O3S/c1-6(8,9)2-7(3-10)4-13(11,12)5-7/h3H,2,4-5H2,1H3. The number of hydrogen-bond donors (Lipinski definition) is 0. The van der Waals surface area contributed by atoms with Gasteiger partial charge in [-0.3, -0.25) is 0 Å². The minimum absolute atomic E-state index is 0.339. The van der Waals surface area contributed by atoms with Crippen LogP contribution in [0.25, 0.3) is 0 Å². The fourth-order valence-corrected chi connectivity index (χ4v) is 3.67. The van der Waals surface area contributed by atoms with Gasteiger partial charge in [0.05, 0.1) is 16.9 Å². The van der Waals surface area contributed by atoms with E-state index in [1.165, 1.54) is 0 Å². The fourth-order valence-electron chi connectivity index (χ4n) is 1.66. The van der Waals surface area contributed by atoms with Crippen LogP contribution in [0.5, 0.6) is 0 Å². The topological polar surface area (TPSA) is 51.2 Å². The molecule has 0 aromatic carbocycles. The van der Waals surface area contributed by atoms with Crippen molar-refractivity contribution in [3.05, 3.63) is 0 Å². The third-order valence-corrected chi connectivity index (χ3v) is 3.96. The zero-order chi connectivity index (χ0) is 10.3. The Bertz CT molecular complexity index is 303. The molecule has 13 heavy (non-hydrogen) atoms. The van der Waals surface area contributed by atoms with Gasteiger partial charge < -0.3 is 4.79 Å². The van der Waals surface area contributed by atoms with E-state index in [2.05, 4.69) is 0 Å². The van der Waals surface area contributed by atoms with E-state index in [1.54, 1.807) is 0 Å². The van der Waals surface area contributed by atoms with Crippen molar-refractivity contribution >= 4 is 16.1 Å². The first-order valence-corrected chi connectivity index (χ1v) is 5.55. The normalized spacial score (nSPS) is 24.8. The summed E-state index contributed by atoms with van der Waals surface area (Å²) in [4.78, 5) is 10.5. The quantitative estimate of drug-likeness (QED) is 0.645. The van der Waals surface area contributed by atoms with Crippen LogP contribution >= 0.6 is 0 Å². The van der Waals surface area contributed by atoms with Crippen molar-refractivity contribution in [2.24, 2.45) is 5.41 Å². The smallest absolute Gasteiger partial charge is 0.246 e. The number of carbonyl (C=O) groups is 1. The fraction of sp³-hybridized carbons (Fsp3) is 0.857. The van der Waals surface area contributed by atoms with Crippen molar-refractivity contribution in [1.82, 2.24) is 0 Å². The Labute approximate surface area is 75.0 Å². The van der Waals surface area contributed by atoms with Crippen molar-refractivity contribution < 1.29 is 22.0 Å². The lowest BCUT2D eigenvalue weighted by molar-refractivity contribution is -0.119. The van der Waals surface area contributed by atoms with Crippen molar-refractivity contribution in [2.75, 3.05) is 11.5 Å². The van der Waals surface area contributed by atoms with Crippen LogP contribution in [0.15, 0.2) is 0 Å². The molecule has 0 radical (unpaired) electrons. The van der Waals surface area contributed by atoms with Gasteiger partial charge in [-0.15, -0.1) is 0 Å². The molecule has 0 saturated carbocycles. The van der Waals surface area contributed by atoms with Crippen LogP contribution in [0, 0.1) is 5.41 Å². The van der Waals surface area contributed by atoms with Crippen molar-refractivity contribution in [2.45, 2.75) is 19.3 Å². The Kier molecular flexibility index (Phi) is 2.22. The first kappa shape index (κ1) is 10.6. The molecule has 76 valence electrons. The van der Waals surface area contributed by atoms with E-state index < -0.39 is 39.1 Å². The highest BCUT2D eigenvalue weighted by Crippen LogP contribution is 2.39. The first-order valence-electron chi connectivity index (χ1n) is 3.73. The minimum atomic E-state index is -3.24. The number of rotatable bonds is 3. The molecule has 1 saturated heterocycles. The molecule has 0 N–H and O–H groups in total. The molecule has 1 rings (SSSR count). The van der Waals surface area contributed by atoms with Crippen LogP contribution < -0.4 is 0 Å². The van der Waals surface area contributed by atoms with E-state index in [-0.39, 0.29) is 0 Å². The molecule has 6 heteroatoms. The van der Waals surface area contributed by atoms with E-state index in [0.29, 0.717) is 13.2 Å². The van der Waals surface area contributed by atoms with Crippen LogP contribution in [0.2, 0.25) is 0 Å². The summed E-state index contributed by atoms with van der Waals surface area (Å²) in [6, 6.07) is 0. The van der Waals surface area contributed by atoms with Gasteiger partial charge in [-0.2, -0.15) is 0 Å². The molecule has 0 unspecified atom stereocenters. The second-order valence-corrected chi connectivity index (χ2v) is 5.82. The first-order chi connectivity index (χ1) is 5.68. The van der Waals surface area contributed by atoms with E-state index in [1.807, 2.05) is 0 Å². The minimum Gasteiger partial charge on any atom is -0.303 e. The van der Waals surface area contributed by atoms with Gasteiger partial charge in [0.15, 0.2) is 9.84 Å². The molecule has 0 atom stereocenters. The SMILES string of the molecule is CC(F)(F)CC1(C=O)CS(=O)(=O)C1. The van der Waals surface area contributed by atoms with Gasteiger partial charge in [0.2, 0.25) is 5.92 Å². The molecule has 0 aromatic rings. The van der Waals surface area contributed by atoms with Crippen molar-refractivity contribution in [3.8, 4) is 0 Å². The number of halogens is 2. The van der Waals surface area contributed by atoms with E-state index in [9.17, 15) is 22.0 Å². The zero-order valence-corrected chi connectivity index (χ0v) is 7.90. The van der Waals surface area contributed by atoms with Gasteiger partial charge in [-0.05, 0) is 6.92 Å². The lowest BCUT2D eigenvalue weighted by Crippen LogP contribution is -2.52. The average Bonchev–Trinajstić information content (AvgIpc) is 1.79. The molecule has 0 aromatic heterocycles. The van der Waals surface area contributed by atoms with E-state index in [0.717, 1.165) is 0 Å². The molecular weight excluding hydrogens is 202 g/mol. The Hall–Kier alpha value is -0.520. The predicted octanol–water partition coefficient (Wildman–Crippen LogP) is 0.645.